The van der Waals surface area contributed by atoms with Crippen LogP contribution in [-0.4, -0.2) is 44.5 Å². The zero-order valence-electron chi connectivity index (χ0n) is 20.3. The number of benzene rings is 1. The molecule has 1 N–H and O–H groups in total. The van der Waals surface area contributed by atoms with E-state index in [9.17, 15) is 4.79 Å². The van der Waals surface area contributed by atoms with Crippen molar-refractivity contribution < 1.29 is 19.0 Å². The van der Waals surface area contributed by atoms with Crippen LogP contribution in [0.25, 0.3) is 0 Å². The molecule has 0 aliphatic heterocycles. The Morgan fingerprint density at radius 1 is 0.758 bits per heavy atom. The second-order valence-corrected chi connectivity index (χ2v) is 10.7. The topological polar surface area (TPSA) is 56.8 Å². The zero-order chi connectivity index (χ0) is 22.8. The van der Waals surface area contributed by atoms with Crippen LogP contribution in [0.2, 0.25) is 0 Å². The van der Waals surface area contributed by atoms with Crippen molar-refractivity contribution in [2.75, 3.05) is 33.0 Å². The van der Waals surface area contributed by atoms with Crippen LogP contribution in [0, 0.1) is 17.8 Å². The molecule has 4 saturated carbocycles. The second kappa shape index (κ2) is 12.9. The number of hydrogen-bond donors (Lipinski definition) is 1. The normalized spacial score (nSPS) is 27.7. The molecular weight excluding hydrogens is 414 g/mol. The largest absolute Gasteiger partial charge is 0.379 e. The number of hydrogen-bond acceptors (Lipinski definition) is 4. The highest BCUT2D eigenvalue weighted by molar-refractivity contribution is 5.76. The van der Waals surface area contributed by atoms with Gasteiger partial charge in [0.2, 0.25) is 5.91 Å². The first-order valence-electron chi connectivity index (χ1n) is 13.3. The van der Waals surface area contributed by atoms with Crippen LogP contribution >= 0.6 is 0 Å². The van der Waals surface area contributed by atoms with E-state index in [1.165, 1.54) is 44.1 Å². The maximum Gasteiger partial charge on any atom is 0.220 e. The molecule has 184 valence electrons. The van der Waals surface area contributed by atoms with E-state index in [0.717, 1.165) is 50.0 Å². The lowest BCUT2D eigenvalue weighted by Gasteiger charge is -2.56. The van der Waals surface area contributed by atoms with Crippen molar-refractivity contribution in [3.05, 3.63) is 35.9 Å². The van der Waals surface area contributed by atoms with E-state index in [0.29, 0.717) is 39.5 Å². The van der Waals surface area contributed by atoms with Gasteiger partial charge >= 0.3 is 0 Å². The summed E-state index contributed by atoms with van der Waals surface area (Å²) in [6, 6.07) is 10.2. The minimum Gasteiger partial charge on any atom is -0.379 e. The molecule has 0 spiro atoms. The van der Waals surface area contributed by atoms with Crippen molar-refractivity contribution >= 4 is 5.91 Å². The van der Waals surface area contributed by atoms with Crippen molar-refractivity contribution in [1.82, 2.24) is 5.32 Å². The highest BCUT2D eigenvalue weighted by Crippen LogP contribution is 2.55. The number of carbonyl (C=O) groups excluding carboxylic acids is 1. The van der Waals surface area contributed by atoms with Gasteiger partial charge in [0.1, 0.15) is 0 Å². The smallest absolute Gasteiger partial charge is 0.220 e. The minimum absolute atomic E-state index is 0.162. The van der Waals surface area contributed by atoms with Crippen LogP contribution in [0.1, 0.15) is 76.2 Å². The molecule has 1 aromatic carbocycles. The van der Waals surface area contributed by atoms with Gasteiger partial charge in [-0.15, -0.1) is 0 Å². The Labute approximate surface area is 199 Å². The first-order chi connectivity index (χ1) is 16.2. The second-order valence-electron chi connectivity index (χ2n) is 10.7. The lowest BCUT2D eigenvalue weighted by molar-refractivity contribution is -0.127. The van der Waals surface area contributed by atoms with E-state index >= 15 is 0 Å². The number of rotatable bonds is 16. The van der Waals surface area contributed by atoms with Crippen LogP contribution in [-0.2, 0) is 25.6 Å². The first-order valence-corrected chi connectivity index (χ1v) is 13.3. The van der Waals surface area contributed by atoms with E-state index in [-0.39, 0.29) is 11.4 Å². The third-order valence-electron chi connectivity index (χ3n) is 7.74. The molecule has 4 aliphatic carbocycles. The fraction of sp³-hybridized carbons (Fsp3) is 0.750. The third-order valence-corrected chi connectivity index (χ3v) is 7.74. The molecule has 0 atom stereocenters. The van der Waals surface area contributed by atoms with Crippen LogP contribution in [0.3, 0.4) is 0 Å². The number of unbranched alkanes of at least 4 members (excludes halogenated alkanes) is 3. The van der Waals surface area contributed by atoms with Crippen molar-refractivity contribution in [3.63, 3.8) is 0 Å². The zero-order valence-corrected chi connectivity index (χ0v) is 20.3. The average molecular weight is 458 g/mol. The summed E-state index contributed by atoms with van der Waals surface area (Å²) in [7, 11) is 0. The molecule has 1 amide bonds. The molecule has 4 aliphatic rings. The van der Waals surface area contributed by atoms with Gasteiger partial charge in [0, 0.05) is 18.6 Å². The van der Waals surface area contributed by atoms with Crippen LogP contribution < -0.4 is 5.32 Å². The van der Waals surface area contributed by atoms with E-state index in [1.807, 2.05) is 18.2 Å². The Morgan fingerprint density at radius 3 is 2.00 bits per heavy atom. The first kappa shape index (κ1) is 24.7. The Kier molecular flexibility index (Phi) is 9.63. The van der Waals surface area contributed by atoms with Gasteiger partial charge in [-0.05, 0) is 74.7 Å². The predicted octanol–water partition coefficient (Wildman–Crippen LogP) is 5.27. The summed E-state index contributed by atoms with van der Waals surface area (Å²) in [6.07, 6.45) is 13.0. The quantitative estimate of drug-likeness (QED) is 0.344. The fourth-order valence-corrected chi connectivity index (χ4v) is 6.67. The van der Waals surface area contributed by atoms with Gasteiger partial charge in [0.05, 0.1) is 33.0 Å². The Hall–Kier alpha value is -1.43. The van der Waals surface area contributed by atoms with Crippen molar-refractivity contribution in [2.24, 2.45) is 17.8 Å². The van der Waals surface area contributed by atoms with Crippen LogP contribution in [0.5, 0.6) is 0 Å². The molecule has 5 heteroatoms. The summed E-state index contributed by atoms with van der Waals surface area (Å²) in [5.41, 5.74) is 1.35. The van der Waals surface area contributed by atoms with Crippen LogP contribution in [0.15, 0.2) is 30.3 Å². The number of carbonyl (C=O) groups is 1. The average Bonchev–Trinajstić information content (AvgIpc) is 2.78. The standard InChI is InChI=1S/C28H43NO4/c30-27(29-28-19-24-16-25(20-28)18-26(17-24)21-28)10-6-1-2-7-11-31-12-13-32-14-15-33-22-23-8-4-3-5-9-23/h3-5,8-9,24-26H,1-2,6-7,10-22H2,(H,29,30). The summed E-state index contributed by atoms with van der Waals surface area (Å²) < 4.78 is 16.8. The molecule has 33 heavy (non-hydrogen) atoms. The molecule has 4 fully saturated rings. The van der Waals surface area contributed by atoms with Gasteiger partial charge in [-0.3, -0.25) is 4.79 Å². The minimum atomic E-state index is 0.162. The van der Waals surface area contributed by atoms with Gasteiger partial charge in [0.15, 0.2) is 0 Å². The van der Waals surface area contributed by atoms with E-state index in [1.54, 1.807) is 0 Å². The van der Waals surface area contributed by atoms with E-state index in [4.69, 9.17) is 14.2 Å². The molecule has 0 unspecified atom stereocenters. The lowest BCUT2D eigenvalue weighted by Crippen LogP contribution is -2.59. The van der Waals surface area contributed by atoms with Crippen LogP contribution in [0.4, 0.5) is 0 Å². The molecule has 4 bridgehead atoms. The molecule has 0 radical (unpaired) electrons. The Morgan fingerprint density at radius 2 is 1.33 bits per heavy atom. The molecule has 0 saturated heterocycles. The molecule has 0 aromatic heterocycles. The highest BCUT2D eigenvalue weighted by Gasteiger charge is 2.51. The maximum absolute atomic E-state index is 12.5. The molecule has 5 rings (SSSR count). The molecule has 5 nitrogen and oxygen atoms in total. The summed E-state index contributed by atoms with van der Waals surface area (Å²) in [4.78, 5) is 12.5. The Balaban J connectivity index is 0.916. The van der Waals surface area contributed by atoms with E-state index in [2.05, 4.69) is 17.4 Å². The maximum atomic E-state index is 12.5. The summed E-state index contributed by atoms with van der Waals surface area (Å²) >= 11 is 0. The van der Waals surface area contributed by atoms with Crippen molar-refractivity contribution in [3.8, 4) is 0 Å². The third kappa shape index (κ3) is 8.08. The fourth-order valence-electron chi connectivity index (χ4n) is 6.67. The number of nitrogens with one attached hydrogen (secondary N) is 1. The predicted molar refractivity (Wildman–Crippen MR) is 130 cm³/mol. The van der Waals surface area contributed by atoms with Crippen molar-refractivity contribution in [1.29, 1.82) is 0 Å². The highest BCUT2D eigenvalue weighted by atomic mass is 16.5. The summed E-state index contributed by atoms with van der Waals surface area (Å²) in [6.45, 7) is 3.84. The van der Waals surface area contributed by atoms with Gasteiger partial charge < -0.3 is 19.5 Å². The van der Waals surface area contributed by atoms with Crippen molar-refractivity contribution in [2.45, 2.75) is 82.8 Å². The van der Waals surface area contributed by atoms with Gasteiger partial charge in [0.25, 0.3) is 0 Å². The number of ether oxygens (including phenoxy) is 3. The molecular formula is C28H43NO4. The molecule has 0 heterocycles. The molecule has 1 aromatic rings. The van der Waals surface area contributed by atoms with Gasteiger partial charge in [-0.1, -0.05) is 43.2 Å². The van der Waals surface area contributed by atoms with Gasteiger partial charge in [-0.25, -0.2) is 0 Å². The van der Waals surface area contributed by atoms with E-state index < -0.39 is 0 Å². The van der Waals surface area contributed by atoms with Gasteiger partial charge in [-0.2, -0.15) is 0 Å². The number of amides is 1. The lowest BCUT2D eigenvalue weighted by atomic mass is 9.53. The monoisotopic (exact) mass is 457 g/mol. The SMILES string of the molecule is O=C(CCCCCCOCCOCCOCc1ccccc1)NC12CC3CC(CC(C3)C1)C2. The summed E-state index contributed by atoms with van der Waals surface area (Å²) in [5, 5.41) is 3.49. The summed E-state index contributed by atoms with van der Waals surface area (Å²) in [5.74, 6) is 2.94. The Bertz CT molecular complexity index is 672.